The molecule has 2 rings (SSSR count). The van der Waals surface area contributed by atoms with Gasteiger partial charge in [-0.25, -0.2) is 4.79 Å². The first-order chi connectivity index (χ1) is 9.66. The zero-order chi connectivity index (χ0) is 14.4. The van der Waals surface area contributed by atoms with Gasteiger partial charge in [0.2, 0.25) is 0 Å². The minimum Gasteiger partial charge on any atom is -0.504 e. The van der Waals surface area contributed by atoms with Crippen molar-refractivity contribution >= 4 is 12.0 Å². The Kier molecular flexibility index (Phi) is 4.39. The molecule has 0 aliphatic heterocycles. The lowest BCUT2D eigenvalue weighted by Gasteiger charge is -2.03. The van der Waals surface area contributed by atoms with E-state index in [1.807, 2.05) is 36.4 Å². The molecule has 0 saturated heterocycles. The summed E-state index contributed by atoms with van der Waals surface area (Å²) in [6.45, 7) is 0.134. The molecule has 2 aromatic rings. The average molecular weight is 270 g/mol. The zero-order valence-corrected chi connectivity index (χ0v) is 10.7. The summed E-state index contributed by atoms with van der Waals surface area (Å²) < 4.78 is 5.03. The number of aromatic hydroxyl groups is 2. The van der Waals surface area contributed by atoms with E-state index in [1.54, 1.807) is 6.08 Å². The number of rotatable bonds is 4. The van der Waals surface area contributed by atoms with Crippen LogP contribution in [0.4, 0.5) is 0 Å². The monoisotopic (exact) mass is 270 g/mol. The molecule has 0 bridgehead atoms. The molecule has 4 nitrogen and oxygen atoms in total. The lowest BCUT2D eigenvalue weighted by Crippen LogP contribution is -2.04. The average Bonchev–Trinajstić information content (AvgIpc) is 2.47. The van der Waals surface area contributed by atoms with Gasteiger partial charge in [-0.2, -0.15) is 0 Å². The van der Waals surface area contributed by atoms with Crippen LogP contribution in [0.1, 0.15) is 15.9 Å². The van der Waals surface area contributed by atoms with E-state index in [2.05, 4.69) is 0 Å². The Labute approximate surface area is 116 Å². The van der Waals surface area contributed by atoms with Crippen LogP contribution in [-0.4, -0.2) is 22.8 Å². The van der Waals surface area contributed by atoms with E-state index < -0.39 is 5.97 Å². The second-order valence-corrected chi connectivity index (χ2v) is 4.12. The summed E-state index contributed by atoms with van der Waals surface area (Å²) >= 11 is 0. The molecule has 0 heterocycles. The SMILES string of the molecule is O=C(OC/C=C/c1ccccc1)c1ccc(O)c(O)c1. The van der Waals surface area contributed by atoms with Crippen LogP contribution >= 0.6 is 0 Å². The van der Waals surface area contributed by atoms with E-state index in [9.17, 15) is 9.90 Å². The van der Waals surface area contributed by atoms with Gasteiger partial charge in [0.15, 0.2) is 11.5 Å². The summed E-state index contributed by atoms with van der Waals surface area (Å²) in [6.07, 6.45) is 3.58. The van der Waals surface area contributed by atoms with Crippen molar-refractivity contribution in [3.63, 3.8) is 0 Å². The topological polar surface area (TPSA) is 66.8 Å². The molecule has 102 valence electrons. The van der Waals surface area contributed by atoms with Crippen molar-refractivity contribution in [2.75, 3.05) is 6.61 Å². The van der Waals surface area contributed by atoms with E-state index in [0.717, 1.165) is 5.56 Å². The predicted octanol–water partition coefficient (Wildman–Crippen LogP) is 2.97. The van der Waals surface area contributed by atoms with Crippen molar-refractivity contribution < 1.29 is 19.7 Å². The number of hydrogen-bond donors (Lipinski definition) is 2. The van der Waals surface area contributed by atoms with Crippen LogP contribution in [0.5, 0.6) is 11.5 Å². The van der Waals surface area contributed by atoms with Crippen molar-refractivity contribution in [3.8, 4) is 11.5 Å². The fourth-order valence-corrected chi connectivity index (χ4v) is 1.61. The summed E-state index contributed by atoms with van der Waals surface area (Å²) in [5.41, 5.74) is 1.21. The Hall–Kier alpha value is -2.75. The first-order valence-corrected chi connectivity index (χ1v) is 6.07. The van der Waals surface area contributed by atoms with Crippen LogP contribution in [0.25, 0.3) is 6.08 Å². The molecule has 4 heteroatoms. The number of phenolic OH excluding ortho intramolecular Hbond substituents is 2. The molecular weight excluding hydrogens is 256 g/mol. The minimum absolute atomic E-state index is 0.134. The molecule has 0 spiro atoms. The standard InChI is InChI=1S/C16H14O4/c17-14-9-8-13(11-15(14)18)16(19)20-10-4-7-12-5-2-1-3-6-12/h1-9,11,17-18H,10H2/b7-4+. The molecule has 2 N–H and O–H groups in total. The lowest BCUT2D eigenvalue weighted by molar-refractivity contribution is 0.0549. The van der Waals surface area contributed by atoms with Gasteiger partial charge in [-0.05, 0) is 29.8 Å². The molecule has 0 aliphatic carbocycles. The Bertz CT molecular complexity index is 618. The Balaban J connectivity index is 1.89. The number of hydrogen-bond acceptors (Lipinski definition) is 4. The maximum absolute atomic E-state index is 11.7. The van der Waals surface area contributed by atoms with Crippen molar-refractivity contribution in [1.82, 2.24) is 0 Å². The fraction of sp³-hybridized carbons (Fsp3) is 0.0625. The molecule has 0 unspecified atom stereocenters. The Morgan fingerprint density at radius 1 is 1.05 bits per heavy atom. The predicted molar refractivity (Wildman–Crippen MR) is 75.5 cm³/mol. The maximum atomic E-state index is 11.7. The molecule has 0 radical (unpaired) electrons. The van der Waals surface area contributed by atoms with Gasteiger partial charge in [0.05, 0.1) is 5.56 Å². The second kappa shape index (κ2) is 6.43. The lowest BCUT2D eigenvalue weighted by atomic mass is 10.2. The van der Waals surface area contributed by atoms with Gasteiger partial charge in [-0.1, -0.05) is 36.4 Å². The van der Waals surface area contributed by atoms with Gasteiger partial charge in [-0.15, -0.1) is 0 Å². The highest BCUT2D eigenvalue weighted by molar-refractivity contribution is 5.90. The molecule has 20 heavy (non-hydrogen) atoms. The van der Waals surface area contributed by atoms with E-state index in [-0.39, 0.29) is 23.7 Å². The summed E-state index contributed by atoms with van der Waals surface area (Å²) in [7, 11) is 0. The third-order valence-corrected chi connectivity index (χ3v) is 2.63. The first-order valence-electron chi connectivity index (χ1n) is 6.07. The molecule has 0 atom stereocenters. The van der Waals surface area contributed by atoms with Gasteiger partial charge in [0.1, 0.15) is 6.61 Å². The number of esters is 1. The largest absolute Gasteiger partial charge is 0.504 e. The molecule has 0 aromatic heterocycles. The summed E-state index contributed by atoms with van der Waals surface area (Å²) in [5, 5.41) is 18.4. The van der Waals surface area contributed by atoms with Crippen molar-refractivity contribution in [2.45, 2.75) is 0 Å². The Morgan fingerprint density at radius 2 is 1.80 bits per heavy atom. The van der Waals surface area contributed by atoms with Gasteiger partial charge >= 0.3 is 5.97 Å². The van der Waals surface area contributed by atoms with E-state index in [0.29, 0.717) is 0 Å². The number of ether oxygens (including phenoxy) is 1. The van der Waals surface area contributed by atoms with E-state index in [1.165, 1.54) is 18.2 Å². The van der Waals surface area contributed by atoms with Crippen LogP contribution in [0.15, 0.2) is 54.6 Å². The third-order valence-electron chi connectivity index (χ3n) is 2.63. The molecule has 2 aromatic carbocycles. The minimum atomic E-state index is -0.557. The number of carbonyl (C=O) groups excluding carboxylic acids is 1. The van der Waals surface area contributed by atoms with Gasteiger partial charge in [0.25, 0.3) is 0 Å². The quantitative estimate of drug-likeness (QED) is 0.662. The summed E-state index contributed by atoms with van der Waals surface area (Å²) in [5.74, 6) is -1.18. The smallest absolute Gasteiger partial charge is 0.338 e. The van der Waals surface area contributed by atoms with E-state index >= 15 is 0 Å². The van der Waals surface area contributed by atoms with Crippen LogP contribution < -0.4 is 0 Å². The summed E-state index contributed by atoms with van der Waals surface area (Å²) in [4.78, 5) is 11.7. The molecule has 0 aliphatic rings. The van der Waals surface area contributed by atoms with Crippen LogP contribution in [0.2, 0.25) is 0 Å². The highest BCUT2D eigenvalue weighted by Crippen LogP contribution is 2.25. The van der Waals surface area contributed by atoms with Crippen LogP contribution in [0, 0.1) is 0 Å². The number of carbonyl (C=O) groups is 1. The van der Waals surface area contributed by atoms with Gasteiger partial charge in [0, 0.05) is 0 Å². The molecule has 0 saturated carbocycles. The van der Waals surface area contributed by atoms with Gasteiger partial charge < -0.3 is 14.9 Å². The van der Waals surface area contributed by atoms with Crippen LogP contribution in [0.3, 0.4) is 0 Å². The highest BCUT2D eigenvalue weighted by atomic mass is 16.5. The van der Waals surface area contributed by atoms with Crippen molar-refractivity contribution in [1.29, 1.82) is 0 Å². The third kappa shape index (κ3) is 3.62. The normalized spacial score (nSPS) is 10.6. The van der Waals surface area contributed by atoms with Crippen molar-refractivity contribution in [3.05, 3.63) is 65.7 Å². The maximum Gasteiger partial charge on any atom is 0.338 e. The second-order valence-electron chi connectivity index (χ2n) is 4.12. The summed E-state index contributed by atoms with van der Waals surface area (Å²) in [6, 6.07) is 13.4. The molecular formula is C16H14O4. The number of benzene rings is 2. The zero-order valence-electron chi connectivity index (χ0n) is 10.7. The highest BCUT2D eigenvalue weighted by Gasteiger charge is 2.09. The van der Waals surface area contributed by atoms with Gasteiger partial charge in [-0.3, -0.25) is 0 Å². The molecule has 0 amide bonds. The first kappa shape index (κ1) is 13.7. The van der Waals surface area contributed by atoms with Crippen molar-refractivity contribution in [2.24, 2.45) is 0 Å². The molecule has 0 fully saturated rings. The Morgan fingerprint density at radius 3 is 2.50 bits per heavy atom. The van der Waals surface area contributed by atoms with E-state index in [4.69, 9.17) is 9.84 Å². The number of phenols is 2. The fourth-order valence-electron chi connectivity index (χ4n) is 1.61. The van der Waals surface area contributed by atoms with Crippen LogP contribution in [-0.2, 0) is 4.74 Å².